The van der Waals surface area contributed by atoms with Gasteiger partial charge in [0.15, 0.2) is 5.69 Å². The van der Waals surface area contributed by atoms with E-state index >= 15 is 0 Å². The minimum absolute atomic E-state index is 0.296. The summed E-state index contributed by atoms with van der Waals surface area (Å²) < 4.78 is 17.2. The van der Waals surface area contributed by atoms with Crippen LogP contribution >= 0.6 is 11.5 Å². The largest absolute Gasteiger partial charge is 0.356 e. The van der Waals surface area contributed by atoms with Gasteiger partial charge >= 0.3 is 0 Å². The van der Waals surface area contributed by atoms with Crippen LogP contribution in [-0.4, -0.2) is 22.4 Å². The molecule has 1 atom stereocenters. The Bertz CT molecular complexity index is 944. The van der Waals surface area contributed by atoms with Crippen molar-refractivity contribution < 1.29 is 4.39 Å². The molecule has 1 unspecified atom stereocenters. The first-order valence-corrected chi connectivity index (χ1v) is 9.81. The number of rotatable bonds is 4. The summed E-state index contributed by atoms with van der Waals surface area (Å²) in [5.74, 6) is 1.12. The van der Waals surface area contributed by atoms with Crippen LogP contribution in [0.15, 0.2) is 48.7 Å². The number of halogens is 1. The van der Waals surface area contributed by atoms with Gasteiger partial charge in [-0.3, -0.25) is 0 Å². The number of piperidine rings is 1. The Morgan fingerprint density at radius 1 is 1.22 bits per heavy atom. The predicted molar refractivity (Wildman–Crippen MR) is 105 cm³/mol. The summed E-state index contributed by atoms with van der Waals surface area (Å²) >= 11 is 1.35. The first kappa shape index (κ1) is 17.6. The van der Waals surface area contributed by atoms with Gasteiger partial charge < -0.3 is 4.90 Å². The van der Waals surface area contributed by atoms with Crippen molar-refractivity contribution in [2.75, 3.05) is 18.0 Å². The molecule has 0 aliphatic carbocycles. The van der Waals surface area contributed by atoms with Gasteiger partial charge in [0, 0.05) is 13.1 Å². The molecule has 0 bridgehead atoms. The van der Waals surface area contributed by atoms with Crippen LogP contribution in [0.4, 0.5) is 10.2 Å². The third kappa shape index (κ3) is 4.15. The fourth-order valence-electron chi connectivity index (χ4n) is 3.60. The first-order chi connectivity index (χ1) is 13.2. The lowest BCUT2D eigenvalue weighted by molar-refractivity contribution is 0.411. The lowest BCUT2D eigenvalue weighted by atomic mass is 9.91. The Morgan fingerprint density at radius 3 is 2.78 bits per heavy atom. The molecule has 0 spiro atoms. The molecule has 0 N–H and O–H groups in total. The Morgan fingerprint density at radius 2 is 2.07 bits per heavy atom. The maximum absolute atomic E-state index is 13.1. The second-order valence-electron chi connectivity index (χ2n) is 6.88. The van der Waals surface area contributed by atoms with Crippen molar-refractivity contribution in [1.82, 2.24) is 9.36 Å². The molecule has 1 saturated heterocycles. The summed E-state index contributed by atoms with van der Waals surface area (Å²) in [6, 6.07) is 15.7. The summed E-state index contributed by atoms with van der Waals surface area (Å²) in [6.07, 6.45) is 4.62. The number of anilines is 1. The quantitative estimate of drug-likeness (QED) is 0.662. The van der Waals surface area contributed by atoms with E-state index in [1.54, 1.807) is 6.07 Å². The molecule has 4 nitrogen and oxygen atoms in total. The molecule has 1 aliphatic rings. The van der Waals surface area contributed by atoms with Crippen LogP contribution in [-0.2, 0) is 6.42 Å². The van der Waals surface area contributed by atoms with Gasteiger partial charge in [0.2, 0.25) is 0 Å². The topological polar surface area (TPSA) is 52.8 Å². The van der Waals surface area contributed by atoms with E-state index in [0.29, 0.717) is 11.6 Å². The average molecular weight is 378 g/mol. The number of hydrogen-bond donors (Lipinski definition) is 0. The maximum Gasteiger partial charge on any atom is 0.154 e. The summed E-state index contributed by atoms with van der Waals surface area (Å²) in [7, 11) is 0. The highest BCUT2D eigenvalue weighted by molar-refractivity contribution is 7.09. The van der Waals surface area contributed by atoms with Crippen LogP contribution in [0.5, 0.6) is 0 Å². The zero-order valence-corrected chi connectivity index (χ0v) is 15.6. The Hall–Kier alpha value is -2.78. The van der Waals surface area contributed by atoms with Crippen LogP contribution in [0.25, 0.3) is 10.4 Å². The Balaban J connectivity index is 1.41. The van der Waals surface area contributed by atoms with E-state index in [-0.39, 0.29) is 5.82 Å². The first-order valence-electron chi connectivity index (χ1n) is 9.04. The van der Waals surface area contributed by atoms with Gasteiger partial charge in [0.05, 0.1) is 11.1 Å². The fraction of sp³-hybridized carbons (Fsp3) is 0.286. The van der Waals surface area contributed by atoms with Gasteiger partial charge in [-0.1, -0.05) is 24.3 Å². The number of nitrogens with zero attached hydrogens (tertiary/aromatic N) is 4. The van der Waals surface area contributed by atoms with E-state index in [2.05, 4.69) is 44.6 Å². The van der Waals surface area contributed by atoms with Gasteiger partial charge in [-0.15, -0.1) is 0 Å². The van der Waals surface area contributed by atoms with E-state index in [0.717, 1.165) is 42.2 Å². The van der Waals surface area contributed by atoms with E-state index in [1.807, 2.05) is 6.07 Å². The van der Waals surface area contributed by atoms with Crippen LogP contribution in [0.1, 0.15) is 24.1 Å². The highest BCUT2D eigenvalue weighted by atomic mass is 32.1. The summed E-state index contributed by atoms with van der Waals surface area (Å²) in [5.41, 5.74) is 2.87. The molecule has 0 amide bonds. The van der Waals surface area contributed by atoms with Crippen molar-refractivity contribution in [3.8, 4) is 16.5 Å². The molecule has 27 heavy (non-hydrogen) atoms. The average Bonchev–Trinajstić information content (AvgIpc) is 3.19. The zero-order valence-electron chi connectivity index (χ0n) is 14.8. The fourth-order valence-corrected chi connectivity index (χ4v) is 4.29. The van der Waals surface area contributed by atoms with Crippen molar-refractivity contribution >= 4 is 17.4 Å². The molecule has 136 valence electrons. The Labute approximate surface area is 162 Å². The molecule has 4 rings (SSSR count). The molecule has 3 heterocycles. The predicted octanol–water partition coefficient (Wildman–Crippen LogP) is 4.67. The third-order valence-corrected chi connectivity index (χ3v) is 5.78. The third-order valence-electron chi connectivity index (χ3n) is 4.94. The maximum atomic E-state index is 13.1. The molecule has 2 aromatic heterocycles. The van der Waals surface area contributed by atoms with Gasteiger partial charge in [0.1, 0.15) is 17.7 Å². The van der Waals surface area contributed by atoms with E-state index in [9.17, 15) is 4.39 Å². The number of aromatic nitrogens is 2. The molecule has 0 saturated carbocycles. The number of benzene rings is 1. The van der Waals surface area contributed by atoms with Gasteiger partial charge in [0.25, 0.3) is 0 Å². The monoisotopic (exact) mass is 378 g/mol. The summed E-state index contributed by atoms with van der Waals surface area (Å²) in [4.78, 5) is 7.49. The van der Waals surface area contributed by atoms with Crippen LogP contribution < -0.4 is 4.90 Å². The minimum Gasteiger partial charge on any atom is -0.356 e. The summed E-state index contributed by atoms with van der Waals surface area (Å²) in [6.45, 7) is 1.92. The molecule has 3 aromatic rings. The van der Waals surface area contributed by atoms with E-state index in [1.165, 1.54) is 35.8 Å². The number of nitriles is 1. The molecule has 1 aliphatic heterocycles. The second kappa shape index (κ2) is 7.85. The van der Waals surface area contributed by atoms with Crippen LogP contribution in [0.3, 0.4) is 0 Å². The van der Waals surface area contributed by atoms with Gasteiger partial charge in [-0.25, -0.2) is 9.37 Å². The SMILES string of the molecule is N#Cc1cc(-c2ccc(CC3CCCN(c4ccc(F)cn4)C3)cc2)sn1. The minimum atomic E-state index is -0.296. The van der Waals surface area contributed by atoms with Crippen molar-refractivity contribution in [3.63, 3.8) is 0 Å². The Kier molecular flexibility index (Phi) is 5.12. The molecular weight excluding hydrogens is 359 g/mol. The van der Waals surface area contributed by atoms with Crippen molar-refractivity contribution in [1.29, 1.82) is 5.26 Å². The second-order valence-corrected chi connectivity index (χ2v) is 7.68. The molecule has 0 radical (unpaired) electrons. The standard InChI is InChI=1S/C21H19FN4S/c22-18-7-8-21(24-13-18)26-9-1-2-16(14-26)10-15-3-5-17(6-4-15)20-11-19(12-23)25-27-20/h3-8,11,13,16H,1-2,9-10,14H2. The van der Waals surface area contributed by atoms with Gasteiger partial charge in [-0.05, 0) is 66.0 Å². The van der Waals surface area contributed by atoms with E-state index in [4.69, 9.17) is 5.26 Å². The smallest absolute Gasteiger partial charge is 0.154 e. The van der Waals surface area contributed by atoms with Crippen LogP contribution in [0.2, 0.25) is 0 Å². The summed E-state index contributed by atoms with van der Waals surface area (Å²) in [5, 5.41) is 8.91. The van der Waals surface area contributed by atoms with Crippen molar-refractivity contribution in [3.05, 3.63) is 65.7 Å². The number of hydrogen-bond acceptors (Lipinski definition) is 5. The molecule has 1 aromatic carbocycles. The molecular formula is C21H19FN4S. The van der Waals surface area contributed by atoms with Crippen molar-refractivity contribution in [2.45, 2.75) is 19.3 Å². The molecule has 1 fully saturated rings. The van der Waals surface area contributed by atoms with Crippen molar-refractivity contribution in [2.24, 2.45) is 5.92 Å². The number of pyridine rings is 1. The zero-order chi connectivity index (χ0) is 18.6. The highest BCUT2D eigenvalue weighted by Gasteiger charge is 2.21. The lowest BCUT2D eigenvalue weighted by Gasteiger charge is -2.33. The normalized spacial score (nSPS) is 16.9. The highest BCUT2D eigenvalue weighted by Crippen LogP contribution is 2.27. The lowest BCUT2D eigenvalue weighted by Crippen LogP contribution is -2.36. The van der Waals surface area contributed by atoms with Gasteiger partial charge in [-0.2, -0.15) is 9.64 Å². The van der Waals surface area contributed by atoms with E-state index < -0.39 is 0 Å². The molecule has 6 heteroatoms. The van der Waals surface area contributed by atoms with Crippen LogP contribution in [0, 0.1) is 23.1 Å².